The minimum atomic E-state index is -1.36. The molecule has 0 aliphatic rings. The number of fused-ring (bicyclic) bond motifs is 2. The summed E-state index contributed by atoms with van der Waals surface area (Å²) in [7, 11) is 0. The van der Waals surface area contributed by atoms with Crippen molar-refractivity contribution in [3.8, 4) is 11.5 Å². The number of rotatable bonds is 6. The highest BCUT2D eigenvalue weighted by Crippen LogP contribution is 2.39. The summed E-state index contributed by atoms with van der Waals surface area (Å²) in [6, 6.07) is 10.0. The smallest absolute Gasteiger partial charge is 0.343 e. The minimum absolute atomic E-state index is 0.161. The fourth-order valence-corrected chi connectivity index (χ4v) is 3.95. The predicted octanol–water partition coefficient (Wildman–Crippen LogP) is 4.33. The normalized spacial score (nSPS) is 11.5. The molecule has 8 heteroatoms. The summed E-state index contributed by atoms with van der Waals surface area (Å²) in [5.74, 6) is -2.22. The van der Waals surface area contributed by atoms with Gasteiger partial charge in [0.1, 0.15) is 22.7 Å². The lowest BCUT2D eigenvalue weighted by atomic mass is 9.90. The van der Waals surface area contributed by atoms with Crippen molar-refractivity contribution in [2.45, 2.75) is 32.6 Å². The summed E-state index contributed by atoms with van der Waals surface area (Å²) in [5, 5.41) is 25.3. The summed E-state index contributed by atoms with van der Waals surface area (Å²) >= 11 is 0. The molecule has 2 N–H and O–H groups in total. The van der Waals surface area contributed by atoms with E-state index in [0.717, 1.165) is 11.1 Å². The zero-order valence-electron chi connectivity index (χ0n) is 17.5. The van der Waals surface area contributed by atoms with Crippen molar-refractivity contribution < 1.29 is 19.0 Å². The van der Waals surface area contributed by atoms with Crippen molar-refractivity contribution in [3.63, 3.8) is 0 Å². The van der Waals surface area contributed by atoms with E-state index >= 15 is 0 Å². The quantitative estimate of drug-likeness (QED) is 0.340. The van der Waals surface area contributed by atoms with E-state index in [2.05, 4.69) is 5.18 Å². The molecule has 0 amide bonds. The lowest BCUT2D eigenvalue weighted by Crippen LogP contribution is -2.22. The van der Waals surface area contributed by atoms with Crippen molar-refractivity contribution in [2.24, 2.45) is 5.18 Å². The summed E-state index contributed by atoms with van der Waals surface area (Å²) in [6.07, 6.45) is 1.36. The van der Waals surface area contributed by atoms with E-state index in [1.165, 1.54) is 0 Å². The summed E-state index contributed by atoms with van der Waals surface area (Å²) in [4.78, 5) is 36.9. The van der Waals surface area contributed by atoms with Crippen LogP contribution in [-0.4, -0.2) is 16.8 Å². The van der Waals surface area contributed by atoms with E-state index < -0.39 is 35.2 Å². The maximum Gasteiger partial charge on any atom is 0.343 e. The first kappa shape index (κ1) is 21.3. The zero-order valence-corrected chi connectivity index (χ0v) is 17.5. The van der Waals surface area contributed by atoms with Crippen LogP contribution in [0.4, 0.5) is 0 Å². The molecule has 0 atom stereocenters. The third-order valence-electron chi connectivity index (χ3n) is 5.72. The molecule has 164 valence electrons. The van der Waals surface area contributed by atoms with Crippen molar-refractivity contribution in [2.75, 3.05) is 6.54 Å². The molecular formula is C24H21NO7. The van der Waals surface area contributed by atoms with Gasteiger partial charge in [-0.15, -0.1) is 0 Å². The molecule has 0 saturated carbocycles. The maximum absolute atomic E-state index is 12.8. The van der Waals surface area contributed by atoms with Gasteiger partial charge in [-0.05, 0) is 48.2 Å². The van der Waals surface area contributed by atoms with Gasteiger partial charge in [-0.2, -0.15) is 4.91 Å². The second-order valence-corrected chi connectivity index (χ2v) is 7.54. The van der Waals surface area contributed by atoms with Crippen molar-refractivity contribution >= 4 is 21.9 Å². The monoisotopic (exact) mass is 435 g/mol. The molecule has 2 aromatic carbocycles. The molecule has 0 unspecified atom stereocenters. The average Bonchev–Trinajstić information content (AvgIpc) is 2.78. The summed E-state index contributed by atoms with van der Waals surface area (Å²) in [5.41, 5.74) is -0.445. The Hall–Kier alpha value is -3.94. The van der Waals surface area contributed by atoms with Crippen molar-refractivity contribution in [1.82, 2.24) is 0 Å². The van der Waals surface area contributed by atoms with Crippen LogP contribution in [0.25, 0.3) is 21.9 Å². The molecule has 4 aromatic rings. The number of hydrogen-bond donors (Lipinski definition) is 2. The summed E-state index contributed by atoms with van der Waals surface area (Å²) < 4.78 is 10.7. The lowest BCUT2D eigenvalue weighted by Gasteiger charge is -2.17. The van der Waals surface area contributed by atoms with E-state index in [1.54, 1.807) is 36.4 Å². The van der Waals surface area contributed by atoms with Crippen LogP contribution in [0.2, 0.25) is 0 Å². The highest BCUT2D eigenvalue weighted by Gasteiger charge is 2.31. The Labute approximate surface area is 181 Å². The Kier molecular flexibility index (Phi) is 5.52. The van der Waals surface area contributed by atoms with Crippen LogP contribution < -0.4 is 11.3 Å². The number of aryl methyl sites for hydroxylation is 2. The third kappa shape index (κ3) is 3.43. The first-order chi connectivity index (χ1) is 15.4. The van der Waals surface area contributed by atoms with Crippen molar-refractivity contribution in [1.29, 1.82) is 0 Å². The molecule has 0 bridgehead atoms. The molecule has 2 aromatic heterocycles. The second-order valence-electron chi connectivity index (χ2n) is 7.54. The van der Waals surface area contributed by atoms with Crippen LogP contribution in [0.3, 0.4) is 0 Å². The van der Waals surface area contributed by atoms with Gasteiger partial charge in [0, 0.05) is 0 Å². The van der Waals surface area contributed by atoms with Crippen molar-refractivity contribution in [3.05, 3.63) is 84.4 Å². The van der Waals surface area contributed by atoms with Gasteiger partial charge in [-0.1, -0.05) is 31.2 Å². The largest absolute Gasteiger partial charge is 0.507 e. The van der Waals surface area contributed by atoms with E-state index in [1.807, 2.05) is 13.8 Å². The number of hydrogen-bond acceptors (Lipinski definition) is 8. The third-order valence-corrected chi connectivity index (χ3v) is 5.72. The topological polar surface area (TPSA) is 130 Å². The molecule has 2 heterocycles. The Bertz CT molecular complexity index is 1360. The van der Waals surface area contributed by atoms with Gasteiger partial charge in [-0.25, -0.2) is 9.59 Å². The van der Waals surface area contributed by atoms with E-state index in [0.29, 0.717) is 12.8 Å². The van der Waals surface area contributed by atoms with Gasteiger partial charge in [0.2, 0.25) is 0 Å². The Morgan fingerprint density at radius 2 is 1.25 bits per heavy atom. The SMILES string of the molecule is CCc1ccc2oc(=O)c(C(CN=O)c3c(O)c4cc(CC)ccc4oc3=O)c(O)c2c1. The molecule has 0 aliphatic carbocycles. The number of benzene rings is 2. The molecule has 0 saturated heterocycles. The predicted molar refractivity (Wildman–Crippen MR) is 120 cm³/mol. The number of aromatic hydroxyl groups is 2. The standard InChI is InChI=1S/C24H21NO7/c1-3-12-5-7-17-14(9-12)21(26)19(23(28)31-17)16(11-25-30)20-22(27)15-10-13(4-2)6-8-18(15)32-24(20)29/h5-10,16,26-27H,3-4,11H2,1-2H3. The minimum Gasteiger partial charge on any atom is -0.507 e. The number of nitroso groups, excluding NO2 is 1. The van der Waals surface area contributed by atoms with Gasteiger partial charge >= 0.3 is 11.3 Å². The molecule has 8 nitrogen and oxygen atoms in total. The molecule has 32 heavy (non-hydrogen) atoms. The van der Waals surface area contributed by atoms with Crippen LogP contribution in [0, 0.1) is 4.91 Å². The molecular weight excluding hydrogens is 414 g/mol. The van der Waals surface area contributed by atoms with Crippen LogP contribution in [0.15, 0.2) is 60.0 Å². The Morgan fingerprint density at radius 1 is 0.812 bits per heavy atom. The van der Waals surface area contributed by atoms with Gasteiger partial charge in [0.05, 0.1) is 34.4 Å². The molecule has 0 aliphatic heterocycles. The van der Waals surface area contributed by atoms with E-state index in [9.17, 15) is 24.7 Å². The van der Waals surface area contributed by atoms with Gasteiger partial charge < -0.3 is 19.0 Å². The first-order valence-corrected chi connectivity index (χ1v) is 10.3. The molecule has 0 radical (unpaired) electrons. The molecule has 0 fully saturated rings. The number of nitrogens with zero attached hydrogens (tertiary/aromatic N) is 1. The first-order valence-electron chi connectivity index (χ1n) is 10.3. The van der Waals surface area contributed by atoms with Crippen LogP contribution >= 0.6 is 0 Å². The van der Waals surface area contributed by atoms with E-state index in [4.69, 9.17) is 8.83 Å². The second kappa shape index (κ2) is 8.30. The molecule has 4 rings (SSSR count). The average molecular weight is 435 g/mol. The fourth-order valence-electron chi connectivity index (χ4n) is 3.95. The van der Waals surface area contributed by atoms with E-state index in [-0.39, 0.29) is 33.1 Å². The van der Waals surface area contributed by atoms with Gasteiger partial charge in [0.25, 0.3) is 0 Å². The maximum atomic E-state index is 12.8. The van der Waals surface area contributed by atoms with Gasteiger partial charge in [-0.3, -0.25) is 0 Å². The van der Waals surface area contributed by atoms with Gasteiger partial charge in [0.15, 0.2) is 0 Å². The lowest BCUT2D eigenvalue weighted by molar-refractivity contribution is 0.435. The summed E-state index contributed by atoms with van der Waals surface area (Å²) in [6.45, 7) is 3.27. The highest BCUT2D eigenvalue weighted by molar-refractivity contribution is 5.87. The fraction of sp³-hybridized carbons (Fsp3) is 0.250. The van der Waals surface area contributed by atoms with Crippen LogP contribution in [0.1, 0.15) is 42.0 Å². The van der Waals surface area contributed by atoms with Crippen LogP contribution in [-0.2, 0) is 12.8 Å². The molecule has 0 spiro atoms. The Morgan fingerprint density at radius 3 is 1.62 bits per heavy atom. The zero-order chi connectivity index (χ0) is 23.0. The Balaban J connectivity index is 2.04. The highest BCUT2D eigenvalue weighted by atomic mass is 16.4. The van der Waals surface area contributed by atoms with Crippen LogP contribution in [0.5, 0.6) is 11.5 Å².